The third kappa shape index (κ3) is 1.85. The van der Waals surface area contributed by atoms with Gasteiger partial charge in [0, 0.05) is 5.92 Å². The van der Waals surface area contributed by atoms with Crippen molar-refractivity contribution in [3.8, 4) is 0 Å². The van der Waals surface area contributed by atoms with E-state index in [2.05, 4.69) is 10.1 Å². The number of hydrogen-bond donors (Lipinski definition) is 0. The van der Waals surface area contributed by atoms with Crippen LogP contribution in [0, 0.1) is 0 Å². The Morgan fingerprint density at radius 2 is 2.15 bits per heavy atom. The molecule has 1 atom stereocenters. The summed E-state index contributed by atoms with van der Waals surface area (Å²) >= 11 is 5.83. The van der Waals surface area contributed by atoms with Crippen molar-refractivity contribution >= 4 is 11.6 Å². The van der Waals surface area contributed by atoms with Gasteiger partial charge in [0.15, 0.2) is 5.82 Å². The fraction of sp³-hybridized carbons (Fsp3) is 0.778. The molecule has 0 radical (unpaired) electrons. The van der Waals surface area contributed by atoms with Crippen molar-refractivity contribution in [1.82, 2.24) is 10.1 Å². The van der Waals surface area contributed by atoms with Crippen molar-refractivity contribution in [3.05, 3.63) is 11.7 Å². The van der Waals surface area contributed by atoms with Crippen LogP contribution in [0.2, 0.25) is 0 Å². The Kier molecular flexibility index (Phi) is 2.54. The van der Waals surface area contributed by atoms with Crippen molar-refractivity contribution in [2.24, 2.45) is 0 Å². The van der Waals surface area contributed by atoms with Crippen LogP contribution in [0.5, 0.6) is 0 Å². The van der Waals surface area contributed by atoms with Gasteiger partial charge >= 0.3 is 0 Å². The summed E-state index contributed by atoms with van der Waals surface area (Å²) in [6, 6.07) is 0. The van der Waals surface area contributed by atoms with Gasteiger partial charge < -0.3 is 4.52 Å². The molecule has 1 heterocycles. The second kappa shape index (κ2) is 3.66. The molecule has 0 amide bonds. The zero-order valence-corrected chi connectivity index (χ0v) is 8.42. The zero-order chi connectivity index (χ0) is 9.26. The van der Waals surface area contributed by atoms with E-state index in [1.807, 2.05) is 6.92 Å². The second-order valence-corrected chi connectivity index (χ2v) is 4.24. The molecule has 1 saturated carbocycles. The third-order valence-electron chi connectivity index (χ3n) is 2.52. The summed E-state index contributed by atoms with van der Waals surface area (Å²) in [5, 5.41) is 3.77. The molecule has 0 bridgehead atoms. The van der Waals surface area contributed by atoms with E-state index < -0.39 is 0 Å². The Labute approximate surface area is 82.5 Å². The highest BCUT2D eigenvalue weighted by atomic mass is 35.5. The first-order chi connectivity index (χ1) is 6.27. The lowest BCUT2D eigenvalue weighted by molar-refractivity contribution is 0.370. The van der Waals surface area contributed by atoms with Crippen molar-refractivity contribution < 1.29 is 4.52 Å². The molecule has 1 aromatic heterocycles. The van der Waals surface area contributed by atoms with Gasteiger partial charge in [-0.15, -0.1) is 11.6 Å². The van der Waals surface area contributed by atoms with Gasteiger partial charge in [0.2, 0.25) is 5.89 Å². The molecule has 1 unspecified atom stereocenters. The largest absolute Gasteiger partial charge is 0.338 e. The number of nitrogens with zero attached hydrogens (tertiary/aromatic N) is 2. The maximum absolute atomic E-state index is 5.83. The lowest BCUT2D eigenvalue weighted by atomic mass is 10.1. The van der Waals surface area contributed by atoms with E-state index in [0.29, 0.717) is 11.8 Å². The molecule has 0 N–H and O–H groups in total. The van der Waals surface area contributed by atoms with Crippen LogP contribution in [0.1, 0.15) is 55.6 Å². The monoisotopic (exact) mass is 200 g/mol. The van der Waals surface area contributed by atoms with Crippen molar-refractivity contribution in [2.45, 2.75) is 43.9 Å². The molecule has 1 aliphatic rings. The molecule has 4 heteroatoms. The Hall–Kier alpha value is -0.570. The molecule has 1 aromatic rings. The predicted octanol–water partition coefficient (Wildman–Crippen LogP) is 3.03. The normalized spacial score (nSPS) is 20.8. The number of rotatable bonds is 2. The molecule has 0 aromatic carbocycles. The zero-order valence-electron chi connectivity index (χ0n) is 7.66. The van der Waals surface area contributed by atoms with Gasteiger partial charge in [-0.25, -0.2) is 0 Å². The average molecular weight is 201 g/mol. The fourth-order valence-corrected chi connectivity index (χ4v) is 1.85. The maximum atomic E-state index is 5.83. The van der Waals surface area contributed by atoms with Crippen molar-refractivity contribution in [2.75, 3.05) is 0 Å². The second-order valence-electron chi connectivity index (χ2n) is 3.59. The van der Waals surface area contributed by atoms with Crippen molar-refractivity contribution in [1.29, 1.82) is 0 Å². The summed E-state index contributed by atoms with van der Waals surface area (Å²) in [5.41, 5.74) is 0. The van der Waals surface area contributed by atoms with Crippen LogP contribution < -0.4 is 0 Å². The molecular weight excluding hydrogens is 188 g/mol. The minimum Gasteiger partial charge on any atom is -0.338 e. The lowest BCUT2D eigenvalue weighted by Crippen LogP contribution is -1.95. The van der Waals surface area contributed by atoms with Crippen LogP contribution in [0.4, 0.5) is 0 Å². The number of alkyl halides is 1. The summed E-state index contributed by atoms with van der Waals surface area (Å²) in [6.45, 7) is 1.84. The molecule has 0 aliphatic heterocycles. The van der Waals surface area contributed by atoms with E-state index in [1.165, 1.54) is 25.7 Å². The highest BCUT2D eigenvalue weighted by Gasteiger charge is 2.23. The number of halogens is 1. The van der Waals surface area contributed by atoms with Crippen LogP contribution in [-0.2, 0) is 0 Å². The van der Waals surface area contributed by atoms with Gasteiger partial charge in [0.05, 0.1) is 0 Å². The number of hydrogen-bond acceptors (Lipinski definition) is 3. The molecule has 3 nitrogen and oxygen atoms in total. The highest BCUT2D eigenvalue weighted by Crippen LogP contribution is 2.33. The summed E-state index contributed by atoms with van der Waals surface area (Å²) in [4.78, 5) is 4.28. The highest BCUT2D eigenvalue weighted by molar-refractivity contribution is 6.20. The summed E-state index contributed by atoms with van der Waals surface area (Å²) in [5.74, 6) is 1.90. The van der Waals surface area contributed by atoms with Crippen LogP contribution in [0.25, 0.3) is 0 Å². The molecular formula is C9H13ClN2O. The van der Waals surface area contributed by atoms with Crippen LogP contribution in [0.3, 0.4) is 0 Å². The Morgan fingerprint density at radius 3 is 2.69 bits per heavy atom. The smallest absolute Gasteiger partial charge is 0.244 e. The van der Waals surface area contributed by atoms with E-state index >= 15 is 0 Å². The topological polar surface area (TPSA) is 38.9 Å². The van der Waals surface area contributed by atoms with Gasteiger partial charge in [0.1, 0.15) is 5.38 Å². The van der Waals surface area contributed by atoms with E-state index in [-0.39, 0.29) is 5.38 Å². The minimum atomic E-state index is -0.178. The van der Waals surface area contributed by atoms with E-state index in [0.717, 1.165) is 5.82 Å². The predicted molar refractivity (Wildman–Crippen MR) is 49.8 cm³/mol. The maximum Gasteiger partial charge on any atom is 0.244 e. The minimum absolute atomic E-state index is 0.178. The number of aromatic nitrogens is 2. The Bertz CT molecular complexity index is 279. The van der Waals surface area contributed by atoms with Gasteiger partial charge in [-0.3, -0.25) is 0 Å². The lowest BCUT2D eigenvalue weighted by Gasteiger charge is -1.99. The molecule has 13 heavy (non-hydrogen) atoms. The summed E-state index contributed by atoms with van der Waals surface area (Å²) in [6.07, 6.45) is 4.95. The van der Waals surface area contributed by atoms with Crippen LogP contribution in [-0.4, -0.2) is 10.1 Å². The van der Waals surface area contributed by atoms with Crippen molar-refractivity contribution in [3.63, 3.8) is 0 Å². The third-order valence-corrected chi connectivity index (χ3v) is 2.70. The standard InChI is InChI=1S/C9H13ClN2O/c1-6(10)9-11-8(12-13-9)7-4-2-3-5-7/h6-7H,2-5H2,1H3. The van der Waals surface area contributed by atoms with E-state index in [9.17, 15) is 0 Å². The van der Waals surface area contributed by atoms with E-state index in [4.69, 9.17) is 16.1 Å². The van der Waals surface area contributed by atoms with Gasteiger partial charge in [-0.1, -0.05) is 18.0 Å². The SMILES string of the molecule is CC(Cl)c1nc(C2CCCC2)no1. The average Bonchev–Trinajstić information content (AvgIpc) is 2.75. The molecule has 2 rings (SSSR count). The van der Waals surface area contributed by atoms with Crippen LogP contribution >= 0.6 is 11.6 Å². The molecule has 72 valence electrons. The van der Waals surface area contributed by atoms with Gasteiger partial charge in [-0.05, 0) is 19.8 Å². The van der Waals surface area contributed by atoms with Gasteiger partial charge in [0.25, 0.3) is 0 Å². The van der Waals surface area contributed by atoms with Crippen LogP contribution in [0.15, 0.2) is 4.52 Å². The first kappa shape index (κ1) is 9.00. The Morgan fingerprint density at radius 1 is 1.46 bits per heavy atom. The van der Waals surface area contributed by atoms with E-state index in [1.54, 1.807) is 0 Å². The molecule has 1 fully saturated rings. The first-order valence-electron chi connectivity index (χ1n) is 4.75. The summed E-state index contributed by atoms with van der Waals surface area (Å²) in [7, 11) is 0. The fourth-order valence-electron chi connectivity index (χ4n) is 1.76. The first-order valence-corrected chi connectivity index (χ1v) is 5.18. The summed E-state index contributed by atoms with van der Waals surface area (Å²) < 4.78 is 5.05. The molecule has 0 saturated heterocycles. The quantitative estimate of drug-likeness (QED) is 0.689. The molecule has 0 spiro atoms. The van der Waals surface area contributed by atoms with Gasteiger partial charge in [-0.2, -0.15) is 4.98 Å². The Balaban J connectivity index is 2.12. The molecule has 1 aliphatic carbocycles.